The number of nitro benzene ring substituents is 1. The second-order valence-electron chi connectivity index (χ2n) is 3.95. The van der Waals surface area contributed by atoms with Crippen LogP contribution >= 0.6 is 11.6 Å². The van der Waals surface area contributed by atoms with Crippen molar-refractivity contribution in [3.8, 4) is 12.3 Å². The SMILES string of the molecule is C#CCN(CCC)Cc1ccc([N+](=O)[O-])cc1Cl. The first-order valence-electron chi connectivity index (χ1n) is 5.67. The molecule has 1 aromatic rings. The minimum Gasteiger partial charge on any atom is -0.288 e. The Kier molecular flexibility index (Phi) is 5.63. The highest BCUT2D eigenvalue weighted by Gasteiger charge is 2.11. The molecule has 0 aliphatic heterocycles. The van der Waals surface area contributed by atoms with Crippen molar-refractivity contribution in [1.29, 1.82) is 0 Å². The molecule has 0 unspecified atom stereocenters. The lowest BCUT2D eigenvalue weighted by molar-refractivity contribution is -0.384. The van der Waals surface area contributed by atoms with Gasteiger partial charge in [0.2, 0.25) is 0 Å². The van der Waals surface area contributed by atoms with Gasteiger partial charge in [-0.2, -0.15) is 0 Å². The van der Waals surface area contributed by atoms with E-state index in [9.17, 15) is 10.1 Å². The number of non-ortho nitro benzene ring substituents is 1. The Bertz CT molecular complexity index is 469. The number of hydrogen-bond acceptors (Lipinski definition) is 3. The molecule has 0 bridgehead atoms. The summed E-state index contributed by atoms with van der Waals surface area (Å²) in [5.41, 5.74) is 0.855. The standard InChI is InChI=1S/C13H15ClN2O2/c1-3-7-15(8-4-2)10-11-5-6-12(16(17)18)9-13(11)14/h1,5-6,9H,4,7-8,10H2,2H3. The summed E-state index contributed by atoms with van der Waals surface area (Å²) in [6.45, 7) is 4.09. The van der Waals surface area contributed by atoms with Crippen LogP contribution in [0.4, 0.5) is 5.69 Å². The molecule has 4 nitrogen and oxygen atoms in total. The second-order valence-corrected chi connectivity index (χ2v) is 4.35. The van der Waals surface area contributed by atoms with E-state index >= 15 is 0 Å². The third-order valence-electron chi connectivity index (χ3n) is 2.50. The summed E-state index contributed by atoms with van der Waals surface area (Å²) < 4.78 is 0. The number of halogens is 1. The number of terminal acetylenes is 1. The van der Waals surface area contributed by atoms with Gasteiger partial charge < -0.3 is 0 Å². The molecule has 0 heterocycles. The Balaban J connectivity index is 2.83. The smallest absolute Gasteiger partial charge is 0.270 e. The molecule has 0 N–H and O–H groups in total. The molecule has 1 rings (SSSR count). The van der Waals surface area contributed by atoms with Crippen LogP contribution in [0.3, 0.4) is 0 Å². The Morgan fingerprint density at radius 1 is 1.56 bits per heavy atom. The number of nitro groups is 1. The van der Waals surface area contributed by atoms with E-state index in [0.717, 1.165) is 18.5 Å². The summed E-state index contributed by atoms with van der Waals surface area (Å²) in [5.74, 6) is 2.60. The molecule has 0 amide bonds. The monoisotopic (exact) mass is 266 g/mol. The van der Waals surface area contributed by atoms with Gasteiger partial charge >= 0.3 is 0 Å². The van der Waals surface area contributed by atoms with Crippen molar-refractivity contribution < 1.29 is 4.92 Å². The summed E-state index contributed by atoms with van der Waals surface area (Å²) in [4.78, 5) is 12.2. The molecule has 0 radical (unpaired) electrons. The van der Waals surface area contributed by atoms with Gasteiger partial charge in [-0.1, -0.05) is 24.4 Å². The molecular weight excluding hydrogens is 252 g/mol. The average molecular weight is 267 g/mol. The molecule has 0 aliphatic carbocycles. The van der Waals surface area contributed by atoms with Gasteiger partial charge in [-0.3, -0.25) is 15.0 Å². The van der Waals surface area contributed by atoms with E-state index in [1.807, 2.05) is 0 Å². The normalized spacial score (nSPS) is 10.3. The first kappa shape index (κ1) is 14.5. The fraction of sp³-hybridized carbons (Fsp3) is 0.385. The van der Waals surface area contributed by atoms with E-state index in [4.69, 9.17) is 18.0 Å². The van der Waals surface area contributed by atoms with Crippen molar-refractivity contribution in [3.63, 3.8) is 0 Å². The van der Waals surface area contributed by atoms with Gasteiger partial charge in [-0.05, 0) is 24.6 Å². The Morgan fingerprint density at radius 3 is 2.78 bits per heavy atom. The van der Waals surface area contributed by atoms with Crippen LogP contribution in [0.5, 0.6) is 0 Å². The van der Waals surface area contributed by atoms with Gasteiger partial charge in [0.25, 0.3) is 5.69 Å². The predicted octanol–water partition coefficient (Wildman–Crippen LogP) is 3.09. The van der Waals surface area contributed by atoms with E-state index in [-0.39, 0.29) is 5.69 Å². The summed E-state index contributed by atoms with van der Waals surface area (Å²) in [5, 5.41) is 11.0. The lowest BCUT2D eigenvalue weighted by Crippen LogP contribution is -2.24. The van der Waals surface area contributed by atoms with Gasteiger partial charge in [-0.15, -0.1) is 6.42 Å². The van der Waals surface area contributed by atoms with Crippen molar-refractivity contribution in [2.24, 2.45) is 0 Å². The van der Waals surface area contributed by atoms with Crippen LogP contribution in [0, 0.1) is 22.5 Å². The number of nitrogens with zero attached hydrogens (tertiary/aromatic N) is 2. The highest BCUT2D eigenvalue weighted by molar-refractivity contribution is 6.31. The molecule has 0 fully saturated rings. The summed E-state index contributed by atoms with van der Waals surface area (Å²) >= 11 is 6.04. The van der Waals surface area contributed by atoms with Crippen LogP contribution in [0.25, 0.3) is 0 Å². The van der Waals surface area contributed by atoms with Crippen molar-refractivity contribution in [2.75, 3.05) is 13.1 Å². The fourth-order valence-corrected chi connectivity index (χ4v) is 1.91. The third kappa shape index (κ3) is 4.02. The van der Waals surface area contributed by atoms with E-state index in [1.54, 1.807) is 6.07 Å². The van der Waals surface area contributed by atoms with E-state index in [0.29, 0.717) is 18.1 Å². The number of rotatable bonds is 6. The number of hydrogen-bond donors (Lipinski definition) is 0. The zero-order chi connectivity index (χ0) is 13.5. The van der Waals surface area contributed by atoms with Gasteiger partial charge in [0, 0.05) is 18.7 Å². The zero-order valence-electron chi connectivity index (χ0n) is 10.2. The topological polar surface area (TPSA) is 46.4 Å². The highest BCUT2D eigenvalue weighted by Crippen LogP contribution is 2.23. The Morgan fingerprint density at radius 2 is 2.28 bits per heavy atom. The van der Waals surface area contributed by atoms with Crippen LogP contribution < -0.4 is 0 Å². The van der Waals surface area contributed by atoms with Gasteiger partial charge in [0.1, 0.15) is 0 Å². The van der Waals surface area contributed by atoms with Gasteiger partial charge in [0.15, 0.2) is 0 Å². The van der Waals surface area contributed by atoms with Crippen LogP contribution in [0.1, 0.15) is 18.9 Å². The van der Waals surface area contributed by atoms with E-state index < -0.39 is 4.92 Å². The van der Waals surface area contributed by atoms with Crippen LogP contribution in [0.2, 0.25) is 5.02 Å². The fourth-order valence-electron chi connectivity index (χ4n) is 1.68. The molecule has 0 spiro atoms. The van der Waals surface area contributed by atoms with Crippen LogP contribution in [0.15, 0.2) is 18.2 Å². The number of benzene rings is 1. The summed E-state index contributed by atoms with van der Waals surface area (Å²) in [6, 6.07) is 4.51. The van der Waals surface area contributed by atoms with E-state index in [1.165, 1.54) is 12.1 Å². The maximum Gasteiger partial charge on any atom is 0.270 e. The quantitative estimate of drug-likeness (QED) is 0.452. The largest absolute Gasteiger partial charge is 0.288 e. The molecule has 0 aliphatic rings. The van der Waals surface area contributed by atoms with Crippen molar-refractivity contribution in [3.05, 3.63) is 38.9 Å². The predicted molar refractivity (Wildman–Crippen MR) is 72.5 cm³/mol. The Hall–Kier alpha value is -1.57. The summed E-state index contributed by atoms with van der Waals surface area (Å²) in [7, 11) is 0. The van der Waals surface area contributed by atoms with Crippen molar-refractivity contribution >= 4 is 17.3 Å². The molecule has 5 heteroatoms. The molecule has 0 aromatic heterocycles. The average Bonchev–Trinajstić information content (AvgIpc) is 2.32. The van der Waals surface area contributed by atoms with Crippen molar-refractivity contribution in [1.82, 2.24) is 4.90 Å². The zero-order valence-corrected chi connectivity index (χ0v) is 11.0. The molecular formula is C13H15ClN2O2. The molecule has 18 heavy (non-hydrogen) atoms. The highest BCUT2D eigenvalue weighted by atomic mass is 35.5. The molecule has 1 aromatic carbocycles. The first-order chi connectivity index (χ1) is 8.58. The molecule has 96 valence electrons. The second kappa shape index (κ2) is 7.00. The maximum absolute atomic E-state index is 10.6. The van der Waals surface area contributed by atoms with Gasteiger partial charge in [0.05, 0.1) is 16.5 Å². The molecule has 0 atom stereocenters. The van der Waals surface area contributed by atoms with Crippen LogP contribution in [-0.2, 0) is 6.54 Å². The molecule has 0 saturated heterocycles. The first-order valence-corrected chi connectivity index (χ1v) is 6.05. The minimum atomic E-state index is -0.457. The maximum atomic E-state index is 10.6. The summed E-state index contributed by atoms with van der Waals surface area (Å²) in [6.07, 6.45) is 6.29. The van der Waals surface area contributed by atoms with Crippen LogP contribution in [-0.4, -0.2) is 22.9 Å². The molecule has 0 saturated carbocycles. The lowest BCUT2D eigenvalue weighted by Gasteiger charge is -2.19. The van der Waals surface area contributed by atoms with Crippen molar-refractivity contribution in [2.45, 2.75) is 19.9 Å². The minimum absolute atomic E-state index is 0.00254. The van der Waals surface area contributed by atoms with E-state index in [2.05, 4.69) is 17.7 Å². The third-order valence-corrected chi connectivity index (χ3v) is 2.85. The Labute approximate surface area is 112 Å². The lowest BCUT2D eigenvalue weighted by atomic mass is 10.2. The van der Waals surface area contributed by atoms with Gasteiger partial charge in [-0.25, -0.2) is 0 Å².